The lowest BCUT2D eigenvalue weighted by molar-refractivity contribution is -0.384. The van der Waals surface area contributed by atoms with E-state index in [0.717, 1.165) is 0 Å². The standard InChI is InChI=1S/C13H15N2O5P/c1-3-19-21(18,20-4-2)13(10-14)9-11-6-5-7-12(8-11)15(16)17/h5-9H,3-4H2,1-2H3/b13-9+. The summed E-state index contributed by atoms with van der Waals surface area (Å²) in [5.41, 5.74) is 0.254. The molecule has 0 fully saturated rings. The maximum Gasteiger partial charge on any atom is 0.371 e. The van der Waals surface area contributed by atoms with Gasteiger partial charge in [-0.3, -0.25) is 14.7 Å². The van der Waals surface area contributed by atoms with Crippen LogP contribution in [0.2, 0.25) is 0 Å². The van der Waals surface area contributed by atoms with Gasteiger partial charge >= 0.3 is 7.60 Å². The second kappa shape index (κ2) is 7.70. The smallest absolute Gasteiger partial charge is 0.305 e. The van der Waals surface area contributed by atoms with Gasteiger partial charge in [0.25, 0.3) is 5.69 Å². The summed E-state index contributed by atoms with van der Waals surface area (Å²) in [4.78, 5) is 10.2. The SMILES string of the molecule is CCOP(=O)(OCC)/C(C#N)=C/c1cccc([N+](=O)[O-])c1. The Bertz CT molecular complexity index is 626. The maximum atomic E-state index is 12.5. The van der Waals surface area contributed by atoms with Gasteiger partial charge in [-0.15, -0.1) is 0 Å². The van der Waals surface area contributed by atoms with Crippen LogP contribution in [0, 0.1) is 21.4 Å². The normalized spacial score (nSPS) is 12.0. The highest BCUT2D eigenvalue weighted by atomic mass is 31.2. The molecule has 0 saturated carbocycles. The van der Waals surface area contributed by atoms with Gasteiger partial charge in [0.1, 0.15) is 11.4 Å². The molecule has 0 radical (unpaired) electrons. The lowest BCUT2D eigenvalue weighted by Gasteiger charge is -2.15. The molecule has 0 heterocycles. The van der Waals surface area contributed by atoms with Crippen LogP contribution in [0.5, 0.6) is 0 Å². The quantitative estimate of drug-likeness (QED) is 0.329. The number of nitrogens with zero attached hydrogens (tertiary/aromatic N) is 2. The van der Waals surface area contributed by atoms with Gasteiger partial charge in [0.15, 0.2) is 0 Å². The Morgan fingerprint density at radius 3 is 2.52 bits per heavy atom. The number of benzene rings is 1. The Hall–Kier alpha value is -2.00. The van der Waals surface area contributed by atoms with Crippen molar-refractivity contribution in [2.24, 2.45) is 0 Å². The highest BCUT2D eigenvalue weighted by molar-refractivity contribution is 7.59. The predicted octanol–water partition coefficient (Wildman–Crippen LogP) is 3.73. The van der Waals surface area contributed by atoms with E-state index in [4.69, 9.17) is 9.05 Å². The van der Waals surface area contributed by atoms with E-state index in [1.165, 1.54) is 24.3 Å². The third-order valence-electron chi connectivity index (χ3n) is 2.39. The Balaban J connectivity index is 3.25. The van der Waals surface area contributed by atoms with Crippen LogP contribution in [0.1, 0.15) is 19.4 Å². The first-order valence-electron chi connectivity index (χ1n) is 6.22. The average Bonchev–Trinajstić information content (AvgIpc) is 2.45. The zero-order valence-corrected chi connectivity index (χ0v) is 12.6. The molecule has 0 amide bonds. The van der Waals surface area contributed by atoms with Crippen molar-refractivity contribution in [2.45, 2.75) is 13.8 Å². The summed E-state index contributed by atoms with van der Waals surface area (Å²) >= 11 is 0. The molecule has 0 spiro atoms. The summed E-state index contributed by atoms with van der Waals surface area (Å²) in [5.74, 6) is 0. The van der Waals surface area contributed by atoms with Crippen LogP contribution in [0.4, 0.5) is 5.69 Å². The van der Waals surface area contributed by atoms with E-state index in [0.29, 0.717) is 5.56 Å². The van der Waals surface area contributed by atoms with E-state index in [2.05, 4.69) is 0 Å². The van der Waals surface area contributed by atoms with Gasteiger partial charge in [-0.25, -0.2) is 0 Å². The number of hydrogen-bond acceptors (Lipinski definition) is 6. The van der Waals surface area contributed by atoms with Crippen molar-refractivity contribution in [2.75, 3.05) is 13.2 Å². The zero-order valence-electron chi connectivity index (χ0n) is 11.7. The van der Waals surface area contributed by atoms with Gasteiger partial charge < -0.3 is 9.05 Å². The molecule has 0 aliphatic heterocycles. The molecule has 1 aromatic carbocycles. The first-order chi connectivity index (χ1) is 9.96. The maximum absolute atomic E-state index is 12.5. The number of nitro groups is 1. The van der Waals surface area contributed by atoms with E-state index in [9.17, 15) is 19.9 Å². The van der Waals surface area contributed by atoms with Crippen molar-refractivity contribution < 1.29 is 18.5 Å². The predicted molar refractivity (Wildman–Crippen MR) is 77.5 cm³/mol. The monoisotopic (exact) mass is 310 g/mol. The first kappa shape index (κ1) is 17.1. The molecule has 0 aromatic heterocycles. The van der Waals surface area contributed by atoms with E-state index in [-0.39, 0.29) is 24.2 Å². The van der Waals surface area contributed by atoms with E-state index < -0.39 is 12.5 Å². The lowest BCUT2D eigenvalue weighted by Crippen LogP contribution is -1.98. The molecule has 0 aliphatic rings. The van der Waals surface area contributed by atoms with Crippen molar-refractivity contribution in [1.29, 1.82) is 5.26 Å². The summed E-state index contributed by atoms with van der Waals surface area (Å²) in [5, 5.41) is 19.7. The van der Waals surface area contributed by atoms with Crippen molar-refractivity contribution >= 4 is 19.4 Å². The summed E-state index contributed by atoms with van der Waals surface area (Å²) in [6, 6.07) is 7.43. The van der Waals surface area contributed by atoms with Gasteiger partial charge in [0.2, 0.25) is 0 Å². The van der Waals surface area contributed by atoms with Gasteiger partial charge in [-0.05, 0) is 25.5 Å². The molecule has 1 aromatic rings. The third kappa shape index (κ3) is 4.50. The third-order valence-corrected chi connectivity index (χ3v) is 4.41. The molecule has 0 N–H and O–H groups in total. The number of nitro benzene ring substituents is 1. The highest BCUT2D eigenvalue weighted by Gasteiger charge is 2.29. The molecule has 21 heavy (non-hydrogen) atoms. The van der Waals surface area contributed by atoms with Crippen LogP contribution >= 0.6 is 7.60 Å². The fraction of sp³-hybridized carbons (Fsp3) is 0.308. The second-order valence-corrected chi connectivity index (χ2v) is 5.82. The summed E-state index contributed by atoms with van der Waals surface area (Å²) in [7, 11) is -3.70. The number of non-ortho nitro benzene ring substituents is 1. The van der Waals surface area contributed by atoms with Crippen molar-refractivity contribution in [3.63, 3.8) is 0 Å². The lowest BCUT2D eigenvalue weighted by atomic mass is 10.2. The molecule has 1 rings (SSSR count). The zero-order chi connectivity index (χ0) is 15.9. The largest absolute Gasteiger partial charge is 0.371 e. The first-order valence-corrected chi connectivity index (χ1v) is 7.77. The van der Waals surface area contributed by atoms with E-state index >= 15 is 0 Å². The highest BCUT2D eigenvalue weighted by Crippen LogP contribution is 2.56. The molecule has 0 unspecified atom stereocenters. The van der Waals surface area contributed by atoms with Gasteiger partial charge in [0, 0.05) is 12.1 Å². The minimum absolute atomic E-state index is 0.116. The summed E-state index contributed by atoms with van der Waals surface area (Å²) in [6.07, 6.45) is 1.28. The van der Waals surface area contributed by atoms with Crippen LogP contribution < -0.4 is 0 Å². The van der Waals surface area contributed by atoms with Gasteiger partial charge in [0.05, 0.1) is 18.1 Å². The minimum atomic E-state index is -3.70. The molecule has 0 atom stereocenters. The van der Waals surface area contributed by atoms with Crippen LogP contribution in [0.3, 0.4) is 0 Å². The molecule has 8 heteroatoms. The molecular weight excluding hydrogens is 295 g/mol. The van der Waals surface area contributed by atoms with Gasteiger partial charge in [-0.1, -0.05) is 12.1 Å². The molecule has 112 valence electrons. The number of allylic oxidation sites excluding steroid dienone is 1. The summed E-state index contributed by atoms with van der Waals surface area (Å²) < 4.78 is 22.7. The van der Waals surface area contributed by atoms with Crippen LogP contribution in [0.25, 0.3) is 6.08 Å². The van der Waals surface area contributed by atoms with Crippen LogP contribution in [0.15, 0.2) is 29.6 Å². The minimum Gasteiger partial charge on any atom is -0.305 e. The Morgan fingerprint density at radius 2 is 2.05 bits per heavy atom. The molecule has 7 nitrogen and oxygen atoms in total. The van der Waals surface area contributed by atoms with Crippen molar-refractivity contribution in [3.05, 3.63) is 45.3 Å². The second-order valence-electron chi connectivity index (χ2n) is 3.83. The Kier molecular flexibility index (Phi) is 6.25. The Morgan fingerprint density at radius 1 is 1.43 bits per heavy atom. The average molecular weight is 310 g/mol. The molecule has 0 saturated heterocycles. The van der Waals surface area contributed by atoms with Gasteiger partial charge in [-0.2, -0.15) is 5.26 Å². The molecular formula is C13H15N2O5P. The number of hydrogen-bond donors (Lipinski definition) is 0. The van der Waals surface area contributed by atoms with E-state index in [1.54, 1.807) is 26.0 Å². The fourth-order valence-electron chi connectivity index (χ4n) is 1.57. The van der Waals surface area contributed by atoms with E-state index in [1.807, 2.05) is 0 Å². The summed E-state index contributed by atoms with van der Waals surface area (Å²) in [6.45, 7) is 3.50. The number of rotatable bonds is 7. The topological polar surface area (TPSA) is 102 Å². The number of nitriles is 1. The Labute approximate surface area is 122 Å². The molecule has 0 bridgehead atoms. The fourth-order valence-corrected chi connectivity index (χ4v) is 3.04. The van der Waals surface area contributed by atoms with Crippen LogP contribution in [-0.4, -0.2) is 18.1 Å². The van der Waals surface area contributed by atoms with Crippen molar-refractivity contribution in [3.8, 4) is 6.07 Å². The molecule has 0 aliphatic carbocycles. The van der Waals surface area contributed by atoms with Crippen molar-refractivity contribution in [1.82, 2.24) is 0 Å². The van der Waals surface area contributed by atoms with Crippen LogP contribution in [-0.2, 0) is 13.6 Å².